The van der Waals surface area contributed by atoms with Crippen molar-refractivity contribution in [2.75, 3.05) is 0 Å². The lowest BCUT2D eigenvalue weighted by Crippen LogP contribution is -1.91. The summed E-state index contributed by atoms with van der Waals surface area (Å²) in [4.78, 5) is 1.04. The van der Waals surface area contributed by atoms with Gasteiger partial charge in [-0.2, -0.15) is 0 Å². The number of benzene rings is 2. The van der Waals surface area contributed by atoms with Crippen molar-refractivity contribution in [3.63, 3.8) is 0 Å². The molecule has 0 bridgehead atoms. The van der Waals surface area contributed by atoms with Crippen LogP contribution in [0.2, 0.25) is 0 Å². The van der Waals surface area contributed by atoms with Gasteiger partial charge >= 0.3 is 0 Å². The van der Waals surface area contributed by atoms with Crippen LogP contribution in [0.25, 0.3) is 22.3 Å². The Morgan fingerprint density at radius 2 is 1.68 bits per heavy atom. The van der Waals surface area contributed by atoms with Gasteiger partial charge in [-0.25, -0.2) is 0 Å². The molecule has 0 fully saturated rings. The highest BCUT2D eigenvalue weighted by atomic mass is 32.1. The van der Waals surface area contributed by atoms with Gasteiger partial charge in [-0.05, 0) is 54.2 Å². The number of rotatable bonds is 2. The van der Waals surface area contributed by atoms with E-state index >= 15 is 0 Å². The Hall–Kier alpha value is -1.93. The van der Waals surface area contributed by atoms with Gasteiger partial charge in [0.1, 0.15) is 0 Å². The third-order valence-electron chi connectivity index (χ3n) is 4.55. The number of aryl methyl sites for hydroxylation is 2. The number of thiol groups is 1. The number of nitrogens with zero attached hydrogens (tertiary/aromatic N) is 1. The Morgan fingerprint density at radius 1 is 0.909 bits per heavy atom. The van der Waals surface area contributed by atoms with Gasteiger partial charge in [0, 0.05) is 28.9 Å². The zero-order chi connectivity index (χ0) is 15.1. The van der Waals surface area contributed by atoms with Crippen molar-refractivity contribution in [2.24, 2.45) is 0 Å². The summed E-state index contributed by atoms with van der Waals surface area (Å²) in [6.07, 6.45) is 4.66. The molecule has 0 spiro atoms. The van der Waals surface area contributed by atoms with E-state index in [0.717, 1.165) is 11.4 Å². The highest BCUT2D eigenvalue weighted by Crippen LogP contribution is 2.38. The van der Waals surface area contributed by atoms with Crippen molar-refractivity contribution < 1.29 is 0 Å². The number of aromatic nitrogens is 1. The van der Waals surface area contributed by atoms with Crippen LogP contribution in [0.3, 0.4) is 0 Å². The molecule has 0 amide bonds. The Morgan fingerprint density at radius 3 is 2.45 bits per heavy atom. The minimum Gasteiger partial charge on any atom is -0.351 e. The minimum absolute atomic E-state index is 1.04. The van der Waals surface area contributed by atoms with Gasteiger partial charge in [-0.3, -0.25) is 0 Å². The topological polar surface area (TPSA) is 4.93 Å². The van der Waals surface area contributed by atoms with Gasteiger partial charge in [0.05, 0.1) is 0 Å². The maximum Gasteiger partial charge on any atom is 0.0254 e. The molecule has 1 aliphatic heterocycles. The summed E-state index contributed by atoms with van der Waals surface area (Å²) < 4.78 is 2.39. The molecule has 2 heteroatoms. The van der Waals surface area contributed by atoms with Crippen LogP contribution in [0, 0.1) is 6.92 Å². The van der Waals surface area contributed by atoms with Crippen molar-refractivity contribution in [2.45, 2.75) is 31.2 Å². The summed E-state index contributed by atoms with van der Waals surface area (Å²) in [5.74, 6) is 0. The van der Waals surface area contributed by atoms with E-state index in [9.17, 15) is 0 Å². The second kappa shape index (κ2) is 5.36. The van der Waals surface area contributed by atoms with Crippen molar-refractivity contribution in [1.82, 2.24) is 4.57 Å². The van der Waals surface area contributed by atoms with E-state index in [-0.39, 0.29) is 0 Å². The molecule has 2 heterocycles. The molecular weight excluding hydrogens is 286 g/mol. The Bertz CT molecular complexity index is 845. The maximum absolute atomic E-state index is 4.70. The van der Waals surface area contributed by atoms with E-state index in [0.29, 0.717) is 0 Å². The van der Waals surface area contributed by atoms with Crippen LogP contribution in [0.4, 0.5) is 0 Å². The summed E-state index contributed by atoms with van der Waals surface area (Å²) in [5.41, 5.74) is 7.89. The fourth-order valence-electron chi connectivity index (χ4n) is 3.48. The molecule has 0 aliphatic carbocycles. The second-order valence-electron chi connectivity index (χ2n) is 6.04. The van der Waals surface area contributed by atoms with Crippen LogP contribution in [-0.2, 0) is 13.0 Å². The van der Waals surface area contributed by atoms with Gasteiger partial charge in [0.2, 0.25) is 0 Å². The van der Waals surface area contributed by atoms with Gasteiger partial charge in [0.25, 0.3) is 0 Å². The summed E-state index contributed by atoms with van der Waals surface area (Å²) in [7, 11) is 0. The molecular formula is C20H19NS. The average Bonchev–Trinajstić information content (AvgIpc) is 3.10. The average molecular weight is 305 g/mol. The summed E-state index contributed by atoms with van der Waals surface area (Å²) in [5, 5.41) is 0. The fourth-order valence-corrected chi connectivity index (χ4v) is 3.88. The van der Waals surface area contributed by atoms with Gasteiger partial charge in [-0.1, -0.05) is 36.4 Å². The molecule has 0 atom stereocenters. The summed E-state index contributed by atoms with van der Waals surface area (Å²) in [6, 6.07) is 17.4. The zero-order valence-electron chi connectivity index (χ0n) is 12.7. The first kappa shape index (κ1) is 13.7. The Labute approximate surface area is 137 Å². The monoisotopic (exact) mass is 305 g/mol. The van der Waals surface area contributed by atoms with Crippen LogP contribution >= 0.6 is 12.6 Å². The van der Waals surface area contributed by atoms with Crippen molar-refractivity contribution in [1.29, 1.82) is 0 Å². The van der Waals surface area contributed by atoms with Crippen LogP contribution < -0.4 is 0 Å². The fraction of sp³-hybridized carbons (Fsp3) is 0.200. The van der Waals surface area contributed by atoms with Crippen LogP contribution in [0.5, 0.6) is 0 Å². The molecule has 0 saturated carbocycles. The van der Waals surface area contributed by atoms with Gasteiger partial charge in [-0.15, -0.1) is 12.6 Å². The van der Waals surface area contributed by atoms with Crippen LogP contribution in [0.15, 0.2) is 59.6 Å². The molecule has 0 radical (unpaired) electrons. The van der Waals surface area contributed by atoms with Crippen molar-refractivity contribution >= 4 is 12.6 Å². The van der Waals surface area contributed by atoms with Crippen LogP contribution in [-0.4, -0.2) is 4.57 Å². The van der Waals surface area contributed by atoms with E-state index in [1.807, 2.05) is 0 Å². The van der Waals surface area contributed by atoms with E-state index < -0.39 is 0 Å². The SMILES string of the molecule is Cc1ccc(-c2ccccc2-c2ccn3c2CCC3)c(S)c1. The summed E-state index contributed by atoms with van der Waals surface area (Å²) >= 11 is 4.70. The molecule has 110 valence electrons. The smallest absolute Gasteiger partial charge is 0.0254 e. The molecule has 22 heavy (non-hydrogen) atoms. The number of hydrogen-bond donors (Lipinski definition) is 1. The van der Waals surface area contributed by atoms with Crippen molar-refractivity contribution in [3.05, 3.63) is 66.0 Å². The second-order valence-corrected chi connectivity index (χ2v) is 6.52. The Balaban J connectivity index is 1.91. The normalized spacial score (nSPS) is 13.4. The largest absolute Gasteiger partial charge is 0.351 e. The highest BCUT2D eigenvalue weighted by Gasteiger charge is 2.18. The lowest BCUT2D eigenvalue weighted by molar-refractivity contribution is 0.750. The number of fused-ring (bicyclic) bond motifs is 1. The number of hydrogen-bond acceptors (Lipinski definition) is 1. The molecule has 0 saturated heterocycles. The molecule has 2 aromatic carbocycles. The lowest BCUT2D eigenvalue weighted by atomic mass is 9.93. The van der Waals surface area contributed by atoms with E-state index in [1.165, 1.54) is 46.4 Å². The standard InChI is InChI=1S/C20H19NS/c1-14-8-9-18(20(22)13-14)16-6-3-2-5-15(16)17-10-12-21-11-4-7-19(17)21/h2-3,5-6,8-10,12-13,22H,4,7,11H2,1H3. The molecule has 3 aromatic rings. The quantitative estimate of drug-likeness (QED) is 0.608. The summed E-state index contributed by atoms with van der Waals surface area (Å²) in [6.45, 7) is 3.26. The molecule has 1 nitrogen and oxygen atoms in total. The van der Waals surface area contributed by atoms with E-state index in [4.69, 9.17) is 12.6 Å². The third-order valence-corrected chi connectivity index (χ3v) is 4.92. The molecule has 1 aliphatic rings. The van der Waals surface area contributed by atoms with Crippen LogP contribution in [0.1, 0.15) is 17.7 Å². The highest BCUT2D eigenvalue weighted by molar-refractivity contribution is 7.80. The van der Waals surface area contributed by atoms with E-state index in [1.54, 1.807) is 0 Å². The first-order valence-electron chi connectivity index (χ1n) is 7.81. The van der Waals surface area contributed by atoms with Crippen molar-refractivity contribution in [3.8, 4) is 22.3 Å². The molecule has 4 rings (SSSR count). The maximum atomic E-state index is 4.70. The predicted molar refractivity (Wildman–Crippen MR) is 95.6 cm³/mol. The molecule has 0 unspecified atom stereocenters. The predicted octanol–water partition coefficient (Wildman–Crippen LogP) is 5.37. The lowest BCUT2D eigenvalue weighted by Gasteiger charge is -2.13. The third kappa shape index (κ3) is 2.19. The minimum atomic E-state index is 1.04. The Kier molecular flexibility index (Phi) is 3.34. The van der Waals surface area contributed by atoms with Gasteiger partial charge < -0.3 is 4.57 Å². The first-order chi connectivity index (χ1) is 10.7. The van der Waals surface area contributed by atoms with Gasteiger partial charge in [0.15, 0.2) is 0 Å². The van der Waals surface area contributed by atoms with E-state index in [2.05, 4.69) is 66.2 Å². The molecule has 0 N–H and O–H groups in total. The molecule has 1 aromatic heterocycles. The first-order valence-corrected chi connectivity index (χ1v) is 8.26. The zero-order valence-corrected chi connectivity index (χ0v) is 13.6.